The maximum Gasteiger partial charge on any atom is 0.233 e. The monoisotopic (exact) mass is 279 g/mol. The van der Waals surface area contributed by atoms with Crippen molar-refractivity contribution in [3.8, 4) is 0 Å². The maximum absolute atomic E-state index is 6.10. The van der Waals surface area contributed by atoms with Crippen LogP contribution in [-0.4, -0.2) is 20.9 Å². The van der Waals surface area contributed by atoms with Crippen molar-refractivity contribution in [2.75, 3.05) is 17.2 Å². The fourth-order valence-electron chi connectivity index (χ4n) is 3.04. The zero-order valence-corrected chi connectivity index (χ0v) is 11.7. The molecule has 1 aromatic carbocycles. The summed E-state index contributed by atoms with van der Waals surface area (Å²) in [6, 6.07) is 8.07. The number of hydrogen-bond acceptors (Lipinski definition) is 4. The van der Waals surface area contributed by atoms with Crippen molar-refractivity contribution in [2.45, 2.75) is 19.4 Å². The van der Waals surface area contributed by atoms with Crippen LogP contribution < -0.4 is 10.6 Å². The quantitative estimate of drug-likeness (QED) is 0.731. The van der Waals surface area contributed by atoms with Crippen LogP contribution in [0.25, 0.3) is 5.78 Å². The van der Waals surface area contributed by atoms with Crippen molar-refractivity contribution in [1.82, 2.24) is 14.4 Å². The van der Waals surface area contributed by atoms with Crippen LogP contribution >= 0.6 is 0 Å². The van der Waals surface area contributed by atoms with Crippen molar-refractivity contribution in [3.05, 3.63) is 54.1 Å². The minimum absolute atomic E-state index is 0.748. The van der Waals surface area contributed by atoms with Crippen LogP contribution in [0, 0.1) is 0 Å². The van der Waals surface area contributed by atoms with Gasteiger partial charge in [0.2, 0.25) is 5.78 Å². The summed E-state index contributed by atoms with van der Waals surface area (Å²) < 4.78 is 1.96. The number of rotatable bonds is 2. The highest BCUT2D eigenvalue weighted by molar-refractivity contribution is 5.66. The van der Waals surface area contributed by atoms with Gasteiger partial charge in [-0.3, -0.25) is 4.40 Å². The van der Waals surface area contributed by atoms with Crippen molar-refractivity contribution in [3.63, 3.8) is 0 Å². The second kappa shape index (κ2) is 4.77. The molecule has 5 heteroatoms. The molecule has 106 valence electrons. The van der Waals surface area contributed by atoms with E-state index in [-0.39, 0.29) is 0 Å². The Balaban J connectivity index is 1.68. The van der Waals surface area contributed by atoms with Crippen LogP contribution in [0.5, 0.6) is 0 Å². The Hall–Kier alpha value is -2.56. The van der Waals surface area contributed by atoms with Gasteiger partial charge >= 0.3 is 0 Å². The molecule has 1 aliphatic heterocycles. The van der Waals surface area contributed by atoms with Crippen molar-refractivity contribution >= 4 is 17.2 Å². The molecule has 4 rings (SSSR count). The van der Waals surface area contributed by atoms with Crippen molar-refractivity contribution in [2.24, 2.45) is 0 Å². The highest BCUT2D eigenvalue weighted by atomic mass is 15.2. The van der Waals surface area contributed by atoms with Crippen molar-refractivity contribution < 1.29 is 0 Å². The van der Waals surface area contributed by atoms with Gasteiger partial charge in [0.15, 0.2) is 0 Å². The van der Waals surface area contributed by atoms with E-state index in [2.05, 4.69) is 20.9 Å². The molecule has 0 unspecified atom stereocenters. The van der Waals surface area contributed by atoms with Crippen LogP contribution in [0.4, 0.5) is 11.4 Å². The lowest BCUT2D eigenvalue weighted by Crippen LogP contribution is -2.29. The maximum atomic E-state index is 6.10. The Morgan fingerprint density at radius 2 is 2.19 bits per heavy atom. The molecule has 0 saturated carbocycles. The zero-order valence-electron chi connectivity index (χ0n) is 11.7. The fraction of sp³-hybridized carbons (Fsp3) is 0.250. The number of fused-ring (bicyclic) bond motifs is 2. The summed E-state index contributed by atoms with van der Waals surface area (Å²) in [6.45, 7) is 1.83. The van der Waals surface area contributed by atoms with Crippen LogP contribution in [0.2, 0.25) is 0 Å². The normalized spacial score (nSPS) is 14.4. The summed E-state index contributed by atoms with van der Waals surface area (Å²) in [7, 11) is 0. The third-order valence-corrected chi connectivity index (χ3v) is 4.02. The highest BCUT2D eigenvalue weighted by Gasteiger charge is 2.19. The van der Waals surface area contributed by atoms with Gasteiger partial charge in [0.25, 0.3) is 0 Å². The van der Waals surface area contributed by atoms with Gasteiger partial charge in [0.05, 0.1) is 12.2 Å². The summed E-state index contributed by atoms with van der Waals surface area (Å²) in [6.07, 6.45) is 7.98. The second-order valence-corrected chi connectivity index (χ2v) is 5.43. The number of nitrogens with two attached hydrogens (primary N) is 1. The molecule has 0 radical (unpaired) electrons. The van der Waals surface area contributed by atoms with Gasteiger partial charge in [-0.05, 0) is 36.6 Å². The van der Waals surface area contributed by atoms with Crippen LogP contribution in [-0.2, 0) is 13.0 Å². The van der Waals surface area contributed by atoms with E-state index >= 15 is 0 Å². The summed E-state index contributed by atoms with van der Waals surface area (Å²) in [5.74, 6) is 0.748. The Labute approximate surface area is 123 Å². The molecule has 0 aliphatic carbocycles. The SMILES string of the molecule is Nc1cccc2c1CCCN2Cc1cn2cccnc2n1. The number of aromatic nitrogens is 3. The zero-order chi connectivity index (χ0) is 14.2. The third kappa shape index (κ3) is 2.11. The minimum atomic E-state index is 0.748. The predicted octanol–water partition coefficient (Wildman–Crippen LogP) is 2.26. The average molecular weight is 279 g/mol. The molecule has 21 heavy (non-hydrogen) atoms. The molecule has 0 amide bonds. The topological polar surface area (TPSA) is 59.5 Å². The Kier molecular flexibility index (Phi) is 2.77. The number of imidazole rings is 1. The Bertz CT molecular complexity index is 759. The molecule has 3 aromatic rings. The molecule has 2 aromatic heterocycles. The summed E-state index contributed by atoms with van der Waals surface area (Å²) in [5, 5.41) is 0. The van der Waals surface area contributed by atoms with Crippen molar-refractivity contribution in [1.29, 1.82) is 0 Å². The first kappa shape index (κ1) is 12.2. The third-order valence-electron chi connectivity index (χ3n) is 4.02. The molecule has 0 spiro atoms. The van der Waals surface area contributed by atoms with E-state index in [0.717, 1.165) is 43.1 Å². The first-order chi connectivity index (χ1) is 10.3. The lowest BCUT2D eigenvalue weighted by atomic mass is 10.00. The minimum Gasteiger partial charge on any atom is -0.398 e. The van der Waals surface area contributed by atoms with Crippen LogP contribution in [0.1, 0.15) is 17.7 Å². The van der Waals surface area contributed by atoms with E-state index in [0.29, 0.717) is 0 Å². The number of nitrogens with zero attached hydrogens (tertiary/aromatic N) is 4. The molecular weight excluding hydrogens is 262 g/mol. The number of nitrogen functional groups attached to an aromatic ring is 1. The molecular formula is C16H17N5. The molecule has 0 atom stereocenters. The lowest BCUT2D eigenvalue weighted by molar-refractivity contribution is 0.687. The molecule has 3 heterocycles. The second-order valence-electron chi connectivity index (χ2n) is 5.43. The smallest absolute Gasteiger partial charge is 0.233 e. The fourth-order valence-corrected chi connectivity index (χ4v) is 3.04. The molecule has 2 N–H and O–H groups in total. The predicted molar refractivity (Wildman–Crippen MR) is 83.2 cm³/mol. The Morgan fingerprint density at radius 1 is 1.24 bits per heavy atom. The summed E-state index contributed by atoms with van der Waals surface area (Å²) in [5.41, 5.74) is 10.5. The van der Waals surface area contributed by atoms with E-state index in [9.17, 15) is 0 Å². The van der Waals surface area contributed by atoms with Gasteiger partial charge in [-0.25, -0.2) is 9.97 Å². The van der Waals surface area contributed by atoms with Gasteiger partial charge < -0.3 is 10.6 Å². The largest absolute Gasteiger partial charge is 0.398 e. The van der Waals surface area contributed by atoms with E-state index in [1.165, 1.54) is 11.3 Å². The lowest BCUT2D eigenvalue weighted by Gasteiger charge is -2.31. The van der Waals surface area contributed by atoms with E-state index in [4.69, 9.17) is 5.73 Å². The summed E-state index contributed by atoms with van der Waals surface area (Å²) >= 11 is 0. The van der Waals surface area contributed by atoms with Gasteiger partial charge in [-0.1, -0.05) is 6.07 Å². The van der Waals surface area contributed by atoms with Gasteiger partial charge in [0, 0.05) is 36.5 Å². The molecule has 0 bridgehead atoms. The van der Waals surface area contributed by atoms with E-state index in [1.54, 1.807) is 6.20 Å². The Morgan fingerprint density at radius 3 is 3.10 bits per heavy atom. The van der Waals surface area contributed by atoms with Crippen LogP contribution in [0.15, 0.2) is 42.9 Å². The number of anilines is 2. The molecule has 0 fully saturated rings. The van der Waals surface area contributed by atoms with Gasteiger partial charge in [-0.2, -0.15) is 0 Å². The standard InChI is InChI=1S/C16H17N5/c17-14-5-1-6-15-13(14)4-2-8-20(15)10-12-11-21-9-3-7-18-16(21)19-12/h1,3,5-7,9,11H,2,4,8,10,17H2. The molecule has 1 aliphatic rings. The first-order valence-corrected chi connectivity index (χ1v) is 7.22. The first-order valence-electron chi connectivity index (χ1n) is 7.22. The van der Waals surface area contributed by atoms with Gasteiger partial charge in [-0.15, -0.1) is 0 Å². The van der Waals surface area contributed by atoms with E-state index in [1.807, 2.05) is 35.0 Å². The van der Waals surface area contributed by atoms with Crippen LogP contribution in [0.3, 0.4) is 0 Å². The summed E-state index contributed by atoms with van der Waals surface area (Å²) in [4.78, 5) is 11.2. The van der Waals surface area contributed by atoms with E-state index < -0.39 is 0 Å². The number of benzene rings is 1. The molecule has 0 saturated heterocycles. The van der Waals surface area contributed by atoms with Gasteiger partial charge in [0.1, 0.15) is 0 Å². The average Bonchev–Trinajstić information content (AvgIpc) is 2.90. The molecule has 5 nitrogen and oxygen atoms in total. The number of hydrogen-bond donors (Lipinski definition) is 1. The highest BCUT2D eigenvalue weighted by Crippen LogP contribution is 2.32.